The van der Waals surface area contributed by atoms with Gasteiger partial charge < -0.3 is 4.74 Å². The summed E-state index contributed by atoms with van der Waals surface area (Å²) in [6.07, 6.45) is -2.51. The van der Waals surface area contributed by atoms with Crippen LogP contribution in [0, 0.1) is 0 Å². The topological polar surface area (TPSA) is 52.1 Å². The summed E-state index contributed by atoms with van der Waals surface area (Å²) in [5.74, 6) is -2.55. The number of aromatic nitrogens is 2. The molecular formula is C10H5F3N2O2. The second kappa shape index (κ2) is 4.00. The quantitative estimate of drug-likeness (QED) is 0.718. The van der Waals surface area contributed by atoms with Gasteiger partial charge in [-0.05, 0) is 18.2 Å². The third-order valence-electron chi connectivity index (χ3n) is 1.87. The molecule has 0 aliphatic carbocycles. The molecule has 0 fully saturated rings. The molecule has 2 heterocycles. The van der Waals surface area contributed by atoms with Crippen LogP contribution in [0.2, 0.25) is 0 Å². The van der Waals surface area contributed by atoms with E-state index in [1.807, 2.05) is 0 Å². The molecule has 88 valence electrons. The maximum atomic E-state index is 11.9. The molecule has 0 N–H and O–H groups in total. The highest BCUT2D eigenvalue weighted by Gasteiger charge is 2.41. The number of fused-ring (bicyclic) bond motifs is 1. The second-order valence-corrected chi connectivity index (χ2v) is 3.11. The van der Waals surface area contributed by atoms with E-state index in [2.05, 4.69) is 14.7 Å². The van der Waals surface area contributed by atoms with Crippen molar-refractivity contribution in [2.24, 2.45) is 0 Å². The summed E-state index contributed by atoms with van der Waals surface area (Å²) < 4.78 is 40.0. The number of esters is 1. The molecule has 0 unspecified atom stereocenters. The molecule has 0 aliphatic heterocycles. The molecule has 0 aliphatic rings. The summed E-state index contributed by atoms with van der Waals surface area (Å²) in [5, 5.41) is 0.486. The number of carbonyl (C=O) groups excluding carboxylic acids is 1. The van der Waals surface area contributed by atoms with Crippen molar-refractivity contribution in [3.63, 3.8) is 0 Å². The summed E-state index contributed by atoms with van der Waals surface area (Å²) in [7, 11) is 0. The smallest absolute Gasteiger partial charge is 0.418 e. The Hall–Kier alpha value is -2.18. The van der Waals surface area contributed by atoms with Gasteiger partial charge in [0.25, 0.3) is 0 Å². The predicted molar refractivity (Wildman–Crippen MR) is 51.2 cm³/mol. The van der Waals surface area contributed by atoms with Crippen molar-refractivity contribution in [1.29, 1.82) is 0 Å². The van der Waals surface area contributed by atoms with E-state index in [-0.39, 0.29) is 5.75 Å². The SMILES string of the molecule is O=C(Oc1cnc2ncccc2c1)C(F)(F)F. The Morgan fingerprint density at radius 1 is 1.29 bits per heavy atom. The van der Waals surface area contributed by atoms with Crippen LogP contribution >= 0.6 is 0 Å². The molecule has 2 rings (SSSR count). The second-order valence-electron chi connectivity index (χ2n) is 3.11. The molecule has 0 saturated heterocycles. The predicted octanol–water partition coefficient (Wildman–Crippen LogP) is 2.10. The van der Waals surface area contributed by atoms with Crippen LogP contribution in [0.5, 0.6) is 5.75 Å². The average Bonchev–Trinajstić information content (AvgIpc) is 2.27. The number of pyridine rings is 2. The lowest BCUT2D eigenvalue weighted by Crippen LogP contribution is -2.27. The van der Waals surface area contributed by atoms with Gasteiger partial charge in [0, 0.05) is 11.6 Å². The van der Waals surface area contributed by atoms with E-state index in [9.17, 15) is 18.0 Å². The highest BCUT2D eigenvalue weighted by molar-refractivity contribution is 5.80. The van der Waals surface area contributed by atoms with Crippen molar-refractivity contribution in [3.05, 3.63) is 30.6 Å². The van der Waals surface area contributed by atoms with Crippen LogP contribution in [0.15, 0.2) is 30.6 Å². The van der Waals surface area contributed by atoms with Gasteiger partial charge in [-0.1, -0.05) is 0 Å². The summed E-state index contributed by atoms with van der Waals surface area (Å²) >= 11 is 0. The average molecular weight is 242 g/mol. The Labute approximate surface area is 93.1 Å². The van der Waals surface area contributed by atoms with E-state index in [1.54, 1.807) is 12.1 Å². The lowest BCUT2D eigenvalue weighted by atomic mass is 10.3. The van der Waals surface area contributed by atoms with E-state index in [0.29, 0.717) is 11.0 Å². The minimum atomic E-state index is -5.02. The molecule has 0 aromatic carbocycles. The first-order chi connectivity index (χ1) is 7.97. The zero-order valence-corrected chi connectivity index (χ0v) is 8.23. The molecule has 0 amide bonds. The minimum Gasteiger partial charge on any atom is -0.418 e. The Kier molecular flexibility index (Phi) is 2.66. The minimum absolute atomic E-state index is 0.271. The fraction of sp³-hybridized carbons (Fsp3) is 0.100. The van der Waals surface area contributed by atoms with Gasteiger partial charge in [0.1, 0.15) is 5.75 Å². The van der Waals surface area contributed by atoms with Crippen molar-refractivity contribution < 1.29 is 22.7 Å². The molecule has 0 atom stereocenters. The third kappa shape index (κ3) is 2.49. The summed E-state index contributed by atoms with van der Waals surface area (Å²) in [6.45, 7) is 0. The van der Waals surface area contributed by atoms with Gasteiger partial charge in [0.05, 0.1) is 6.20 Å². The Morgan fingerprint density at radius 2 is 2.06 bits per heavy atom. The Balaban J connectivity index is 2.29. The normalized spacial score (nSPS) is 11.5. The van der Waals surface area contributed by atoms with Gasteiger partial charge >= 0.3 is 12.1 Å². The van der Waals surface area contributed by atoms with Crippen LogP contribution in [0.1, 0.15) is 0 Å². The summed E-state index contributed by atoms with van der Waals surface area (Å²) in [5.41, 5.74) is 0.360. The zero-order chi connectivity index (χ0) is 12.5. The fourth-order valence-electron chi connectivity index (χ4n) is 1.17. The van der Waals surface area contributed by atoms with Crippen LogP contribution < -0.4 is 4.74 Å². The molecule has 0 spiro atoms. The molecular weight excluding hydrogens is 237 g/mol. The summed E-state index contributed by atoms with van der Waals surface area (Å²) in [6, 6.07) is 4.46. The molecule has 17 heavy (non-hydrogen) atoms. The van der Waals surface area contributed by atoms with Gasteiger partial charge in [0.2, 0.25) is 0 Å². The van der Waals surface area contributed by atoms with E-state index in [0.717, 1.165) is 6.20 Å². The van der Waals surface area contributed by atoms with E-state index >= 15 is 0 Å². The molecule has 0 radical (unpaired) electrons. The van der Waals surface area contributed by atoms with Crippen LogP contribution in [-0.4, -0.2) is 22.1 Å². The Bertz CT molecular complexity index is 569. The first-order valence-electron chi connectivity index (χ1n) is 4.46. The van der Waals surface area contributed by atoms with Crippen molar-refractivity contribution in [1.82, 2.24) is 9.97 Å². The zero-order valence-electron chi connectivity index (χ0n) is 8.23. The molecule has 2 aromatic rings. The van der Waals surface area contributed by atoms with Crippen molar-refractivity contribution >= 4 is 17.0 Å². The fourth-order valence-corrected chi connectivity index (χ4v) is 1.17. The van der Waals surface area contributed by atoms with Crippen molar-refractivity contribution in [3.8, 4) is 5.75 Å². The largest absolute Gasteiger partial charge is 0.491 e. The summed E-state index contributed by atoms with van der Waals surface area (Å²) in [4.78, 5) is 18.2. The first kappa shape index (κ1) is 11.3. The van der Waals surface area contributed by atoms with Gasteiger partial charge in [-0.25, -0.2) is 14.8 Å². The lowest BCUT2D eigenvalue weighted by molar-refractivity contribution is -0.189. The first-order valence-corrected chi connectivity index (χ1v) is 4.46. The maximum absolute atomic E-state index is 11.9. The van der Waals surface area contributed by atoms with Crippen molar-refractivity contribution in [2.75, 3.05) is 0 Å². The number of halogens is 3. The molecule has 4 nitrogen and oxygen atoms in total. The van der Waals surface area contributed by atoms with Crippen LogP contribution in [0.25, 0.3) is 11.0 Å². The van der Waals surface area contributed by atoms with Gasteiger partial charge in [0.15, 0.2) is 5.65 Å². The lowest BCUT2D eigenvalue weighted by Gasteiger charge is -2.06. The standard InChI is InChI=1S/C10H5F3N2O2/c11-10(12,13)9(16)17-7-4-6-2-1-3-14-8(6)15-5-7/h1-5H. The number of hydrogen-bond acceptors (Lipinski definition) is 4. The number of alkyl halides is 3. The van der Waals surface area contributed by atoms with Crippen molar-refractivity contribution in [2.45, 2.75) is 6.18 Å². The highest BCUT2D eigenvalue weighted by atomic mass is 19.4. The number of hydrogen-bond donors (Lipinski definition) is 0. The molecule has 7 heteroatoms. The molecule has 0 saturated carbocycles. The molecule has 2 aromatic heterocycles. The van der Waals surface area contributed by atoms with E-state index in [4.69, 9.17) is 0 Å². The monoisotopic (exact) mass is 242 g/mol. The number of carbonyl (C=O) groups is 1. The van der Waals surface area contributed by atoms with Crippen LogP contribution in [0.4, 0.5) is 13.2 Å². The van der Waals surface area contributed by atoms with Gasteiger partial charge in [-0.15, -0.1) is 0 Å². The number of rotatable bonds is 1. The van der Waals surface area contributed by atoms with Gasteiger partial charge in [-0.2, -0.15) is 13.2 Å². The van der Waals surface area contributed by atoms with E-state index in [1.165, 1.54) is 12.3 Å². The number of ether oxygens (including phenoxy) is 1. The molecule has 0 bridgehead atoms. The Morgan fingerprint density at radius 3 is 2.76 bits per heavy atom. The van der Waals surface area contributed by atoms with E-state index < -0.39 is 12.1 Å². The van der Waals surface area contributed by atoms with Crippen LogP contribution in [-0.2, 0) is 4.79 Å². The third-order valence-corrected chi connectivity index (χ3v) is 1.87. The number of nitrogens with zero attached hydrogens (tertiary/aromatic N) is 2. The van der Waals surface area contributed by atoms with Gasteiger partial charge in [-0.3, -0.25) is 0 Å². The maximum Gasteiger partial charge on any atom is 0.491 e. The van der Waals surface area contributed by atoms with Crippen LogP contribution in [0.3, 0.4) is 0 Å². The highest BCUT2D eigenvalue weighted by Crippen LogP contribution is 2.21.